The van der Waals surface area contributed by atoms with Crippen LogP contribution in [0.3, 0.4) is 0 Å². The number of benzene rings is 1. The van der Waals surface area contributed by atoms with Crippen LogP contribution in [0.4, 0.5) is 32.0 Å². The van der Waals surface area contributed by atoms with Gasteiger partial charge in [0.1, 0.15) is 53.4 Å². The number of aromatic carboxylic acids is 1. The Hall–Kier alpha value is -4.79. The van der Waals surface area contributed by atoms with Crippen LogP contribution in [0.2, 0.25) is 0 Å². The van der Waals surface area contributed by atoms with Crippen LogP contribution in [0.15, 0.2) is 28.3 Å². The van der Waals surface area contributed by atoms with Crippen molar-refractivity contribution in [1.82, 2.24) is 14.8 Å². The number of alkyl halides is 4. The minimum absolute atomic E-state index is 0.118. The molecule has 0 unspecified atom stereocenters. The van der Waals surface area contributed by atoms with Crippen LogP contribution in [0.25, 0.3) is 10.9 Å². The number of thioether (sulfide) groups is 1. The van der Waals surface area contributed by atoms with Gasteiger partial charge < -0.3 is 39.4 Å². The molecule has 1 aromatic carbocycles. The van der Waals surface area contributed by atoms with Crippen molar-refractivity contribution < 1.29 is 70.1 Å². The number of nitrogens with one attached hydrogen (secondary N) is 1. The second-order valence-electron chi connectivity index (χ2n) is 11.4. The zero-order chi connectivity index (χ0) is 36.6. The van der Waals surface area contributed by atoms with E-state index in [2.05, 4.69) is 5.32 Å². The molecule has 0 spiro atoms. The number of hydrogen-bond donors (Lipinski definition) is 3. The first-order chi connectivity index (χ1) is 22.9. The molecular formula is C28H27F6N5O9S. The van der Waals surface area contributed by atoms with Crippen LogP contribution in [0.1, 0.15) is 10.4 Å². The van der Waals surface area contributed by atoms with Gasteiger partial charge in [-0.15, -0.1) is 11.8 Å². The van der Waals surface area contributed by atoms with Gasteiger partial charge in [0.25, 0.3) is 5.91 Å². The highest BCUT2D eigenvalue weighted by Crippen LogP contribution is 2.41. The second-order valence-corrected chi connectivity index (χ2v) is 12.5. The van der Waals surface area contributed by atoms with Crippen LogP contribution >= 0.6 is 11.8 Å². The highest BCUT2D eigenvalue weighted by Gasteiger charge is 2.54. The van der Waals surface area contributed by atoms with E-state index in [1.807, 2.05) is 7.05 Å². The summed E-state index contributed by atoms with van der Waals surface area (Å²) in [6.07, 6.45) is -3.94. The molecule has 21 heteroatoms. The molecule has 2 aromatic rings. The number of piperazine rings is 1. The highest BCUT2D eigenvalue weighted by molar-refractivity contribution is 8.00. The van der Waals surface area contributed by atoms with Gasteiger partial charge in [-0.25, -0.2) is 22.8 Å². The fourth-order valence-corrected chi connectivity index (χ4v) is 7.22. The zero-order valence-corrected chi connectivity index (χ0v) is 26.1. The summed E-state index contributed by atoms with van der Waals surface area (Å²) in [5.74, 6) is -8.23. The summed E-state index contributed by atoms with van der Waals surface area (Å²) in [5.41, 5.74) is -2.22. The number of aliphatic carboxylic acids is 2. The Balaban J connectivity index is 0.000000698. The first kappa shape index (κ1) is 37.0. The van der Waals surface area contributed by atoms with Crippen molar-refractivity contribution in [3.05, 3.63) is 51.0 Å². The monoisotopic (exact) mass is 723 g/mol. The Morgan fingerprint density at radius 3 is 2.27 bits per heavy atom. The molecule has 3 aliphatic rings. The quantitative estimate of drug-likeness (QED) is 0.135. The third kappa shape index (κ3) is 7.16. The zero-order valence-electron chi connectivity index (χ0n) is 25.3. The predicted molar refractivity (Wildman–Crippen MR) is 156 cm³/mol. The number of aromatic nitrogens is 1. The number of anilines is 1. The third-order valence-electron chi connectivity index (χ3n) is 8.22. The number of fused-ring (bicyclic) bond motifs is 2. The predicted octanol–water partition coefficient (Wildman–Crippen LogP) is -0.119. The lowest BCUT2D eigenvalue weighted by atomic mass is 10.0. The molecule has 49 heavy (non-hydrogen) atoms. The van der Waals surface area contributed by atoms with Gasteiger partial charge in [-0.2, -0.15) is 13.2 Å². The fourth-order valence-electron chi connectivity index (χ4n) is 5.88. The molecule has 14 nitrogen and oxygen atoms in total. The molecule has 1 aromatic heterocycles. The number of amides is 2. The van der Waals surface area contributed by atoms with Crippen LogP contribution in [-0.4, -0.2) is 124 Å². The lowest BCUT2D eigenvalue weighted by Crippen LogP contribution is -2.70. The van der Waals surface area contributed by atoms with E-state index in [0.717, 1.165) is 16.8 Å². The lowest BCUT2D eigenvalue weighted by molar-refractivity contribution is -0.905. The van der Waals surface area contributed by atoms with Crippen LogP contribution in [-0.2, 0) is 25.7 Å². The summed E-state index contributed by atoms with van der Waals surface area (Å²) in [7, 11) is 1.87. The molecule has 2 amide bonds. The molecule has 5 rings (SSSR count). The van der Waals surface area contributed by atoms with Gasteiger partial charge in [-0.3, -0.25) is 19.3 Å². The summed E-state index contributed by atoms with van der Waals surface area (Å²) in [6.45, 7) is -0.167. The van der Waals surface area contributed by atoms with E-state index in [1.54, 1.807) is 0 Å². The number of carboxylic acid groups (broad SMARTS) is 3. The maximum absolute atomic E-state index is 15.9. The molecule has 3 aliphatic heterocycles. The van der Waals surface area contributed by atoms with E-state index in [0.29, 0.717) is 35.3 Å². The van der Waals surface area contributed by atoms with E-state index in [4.69, 9.17) is 9.90 Å². The van der Waals surface area contributed by atoms with Gasteiger partial charge in [0.05, 0.1) is 50.7 Å². The lowest BCUT2D eigenvalue weighted by Gasteiger charge is -2.50. The number of β-lactam (4-membered cyclic amide) rings is 1. The Labute approximate surface area is 275 Å². The van der Waals surface area contributed by atoms with Crippen molar-refractivity contribution in [2.45, 2.75) is 24.1 Å². The van der Waals surface area contributed by atoms with Gasteiger partial charge in [0, 0.05) is 17.5 Å². The van der Waals surface area contributed by atoms with Crippen molar-refractivity contribution >= 4 is 58.6 Å². The van der Waals surface area contributed by atoms with Crippen LogP contribution in [0.5, 0.6) is 0 Å². The molecule has 0 bridgehead atoms. The number of carbonyl (C=O) groups excluding carboxylic acids is 3. The molecule has 2 saturated heterocycles. The molecule has 3 N–H and O–H groups in total. The Kier molecular flexibility index (Phi) is 10.6. The standard InChI is InChI=1S/C26H26F3N5O7S.C2HF3O2/c1-34(10-13-11-42-24-18(30-12-35)23(37)33(24)19(13)26(40)41)6-4-31(5-7-34)21-16(28)8-14-20(17(21)29)32(3-2-27)9-15(22(14)36)25(38)39;3-2(4,5)1(6)7/h8-9,12,18,24H,2-7,10-11H2,1H3,(H2-,30,35,38,39,40,41);(H,6,7)/t18-,24-;/m1./s1. The summed E-state index contributed by atoms with van der Waals surface area (Å²) < 4.78 is 77.3. The number of carbonyl (C=O) groups is 5. The normalized spacial score (nSPS) is 20.2. The Morgan fingerprint density at radius 2 is 1.76 bits per heavy atom. The molecule has 2 atom stereocenters. The summed E-state index contributed by atoms with van der Waals surface area (Å²) in [6, 6.07) is -0.0171. The largest absolute Gasteiger partial charge is 0.542 e. The average molecular weight is 724 g/mol. The van der Waals surface area contributed by atoms with Gasteiger partial charge in [0.2, 0.25) is 11.8 Å². The molecule has 4 heterocycles. The van der Waals surface area contributed by atoms with Crippen LogP contribution < -0.4 is 20.8 Å². The van der Waals surface area contributed by atoms with Crippen molar-refractivity contribution in [2.24, 2.45) is 0 Å². The highest BCUT2D eigenvalue weighted by atomic mass is 32.2. The van der Waals surface area contributed by atoms with Gasteiger partial charge in [-0.1, -0.05) is 0 Å². The number of aryl methyl sites for hydroxylation is 1. The van der Waals surface area contributed by atoms with E-state index < -0.39 is 93.8 Å². The number of rotatable bonds is 9. The van der Waals surface area contributed by atoms with Crippen molar-refractivity contribution in [1.29, 1.82) is 0 Å². The number of carboxylic acids is 3. The maximum Gasteiger partial charge on any atom is 0.430 e. The van der Waals surface area contributed by atoms with Crippen molar-refractivity contribution in [3.8, 4) is 0 Å². The SMILES string of the molecule is C[N+]1(CC2=C(C(=O)O)N3C(=O)[C@@H](NC=O)[C@H]3SC2)CCN(c2c(F)cc3c(=O)c(C(=O)O)cn(CCF)c3c2F)CC1.O=C([O-])C(F)(F)F. The first-order valence-corrected chi connectivity index (χ1v) is 15.2. The van der Waals surface area contributed by atoms with E-state index in [-0.39, 0.29) is 25.3 Å². The van der Waals surface area contributed by atoms with Gasteiger partial charge in [-0.05, 0) is 6.07 Å². The van der Waals surface area contributed by atoms with Crippen molar-refractivity contribution in [3.63, 3.8) is 0 Å². The van der Waals surface area contributed by atoms with E-state index in [9.17, 15) is 51.7 Å². The summed E-state index contributed by atoms with van der Waals surface area (Å²) in [5, 5.41) is 29.4. The topological polar surface area (TPSA) is 189 Å². The number of nitrogens with zero attached hydrogens (tertiary/aromatic N) is 4. The number of hydrogen-bond acceptors (Lipinski definition) is 9. The number of quaternary nitrogens is 1. The minimum Gasteiger partial charge on any atom is -0.542 e. The molecule has 0 aliphatic carbocycles. The average Bonchev–Trinajstić information content (AvgIpc) is 3.01. The van der Waals surface area contributed by atoms with Crippen LogP contribution in [0, 0.1) is 11.6 Å². The maximum atomic E-state index is 15.9. The van der Waals surface area contributed by atoms with Crippen molar-refractivity contribution in [2.75, 3.05) is 57.1 Å². The third-order valence-corrected chi connectivity index (χ3v) is 9.56. The summed E-state index contributed by atoms with van der Waals surface area (Å²) in [4.78, 5) is 71.1. The number of likely N-dealkylation sites (N-methyl/N-ethyl adjacent to an activating group) is 1. The molecular weight excluding hydrogens is 696 g/mol. The smallest absolute Gasteiger partial charge is 0.430 e. The second kappa shape index (κ2) is 14.0. The molecule has 2 fully saturated rings. The summed E-state index contributed by atoms with van der Waals surface area (Å²) >= 11 is 1.34. The number of halogens is 6. The van der Waals surface area contributed by atoms with Gasteiger partial charge >= 0.3 is 18.1 Å². The van der Waals surface area contributed by atoms with Gasteiger partial charge in [0.15, 0.2) is 5.82 Å². The minimum atomic E-state index is -5.19. The van der Waals surface area contributed by atoms with E-state index in [1.165, 1.54) is 21.6 Å². The number of pyridine rings is 1. The van der Waals surface area contributed by atoms with E-state index >= 15 is 8.78 Å². The molecule has 0 saturated carbocycles. The molecule has 266 valence electrons. The molecule has 0 radical (unpaired) electrons. The first-order valence-electron chi connectivity index (χ1n) is 14.2. The fraction of sp³-hybridized carbons (Fsp3) is 0.429. The Morgan fingerprint density at radius 1 is 1.14 bits per heavy atom. The Bertz CT molecular complexity index is 1810.